The molecule has 11 heteroatoms. The number of carbonyl (C=O) groups is 2. The Hall–Kier alpha value is -2.37. The van der Waals surface area contributed by atoms with Gasteiger partial charge < -0.3 is 25.4 Å². The van der Waals surface area contributed by atoms with Gasteiger partial charge in [0.2, 0.25) is 10.0 Å². The number of nitrogens with zero attached hydrogens (tertiary/aromatic N) is 2. The van der Waals surface area contributed by atoms with Gasteiger partial charge in [0.1, 0.15) is 0 Å². The number of carbonyl (C=O) groups excluding carboxylic acids is 2. The number of sulfonamides is 1. The number of nitrogens with two attached hydrogens (primary N) is 1. The average molecular weight is 400 g/mol. The van der Waals surface area contributed by atoms with Crippen molar-refractivity contribution in [2.45, 2.75) is 6.17 Å². The molecule has 1 atom stereocenters. The normalized spacial score (nSPS) is 17.6. The lowest BCUT2D eigenvalue weighted by Crippen LogP contribution is -2.54. The highest BCUT2D eigenvalue weighted by molar-refractivity contribution is 7.88. The smallest absolute Gasteiger partial charge is 0.259 e. The largest absolute Gasteiger partial charge is 0.493 e. The van der Waals surface area contributed by atoms with Crippen molar-refractivity contribution in [1.82, 2.24) is 14.5 Å². The van der Waals surface area contributed by atoms with Gasteiger partial charge in [-0.05, 0) is 18.2 Å². The van der Waals surface area contributed by atoms with Gasteiger partial charge in [-0.3, -0.25) is 9.59 Å². The van der Waals surface area contributed by atoms with Crippen molar-refractivity contribution in [1.29, 1.82) is 0 Å². The Bertz CT molecular complexity index is 813. The van der Waals surface area contributed by atoms with E-state index in [2.05, 4.69) is 5.32 Å². The fourth-order valence-corrected chi connectivity index (χ4v) is 3.85. The Labute approximate surface area is 158 Å². The highest BCUT2D eigenvalue weighted by atomic mass is 32.2. The topological polar surface area (TPSA) is 131 Å². The van der Waals surface area contributed by atoms with E-state index in [0.717, 1.165) is 10.6 Å². The number of hydrogen-bond acceptors (Lipinski definition) is 7. The highest BCUT2D eigenvalue weighted by Gasteiger charge is 2.44. The predicted octanol–water partition coefficient (Wildman–Crippen LogP) is -1.18. The van der Waals surface area contributed by atoms with E-state index in [1.807, 2.05) is 0 Å². The van der Waals surface area contributed by atoms with E-state index >= 15 is 0 Å². The van der Waals surface area contributed by atoms with Crippen molar-refractivity contribution in [2.75, 3.05) is 46.7 Å². The van der Waals surface area contributed by atoms with Crippen LogP contribution in [-0.4, -0.2) is 82.3 Å². The number of amides is 2. The summed E-state index contributed by atoms with van der Waals surface area (Å²) < 4.78 is 35.5. The average Bonchev–Trinajstić information content (AvgIpc) is 3.10. The zero-order valence-electron chi connectivity index (χ0n) is 15.5. The van der Waals surface area contributed by atoms with E-state index in [9.17, 15) is 18.0 Å². The second kappa shape index (κ2) is 8.55. The van der Waals surface area contributed by atoms with E-state index in [1.54, 1.807) is 6.07 Å². The standard InChI is InChI=1S/C16H24N4O6S/c1-25-12-5-4-11(10-13(12)26-2)16(22)19-8-9-20(27(3,23)24)15(19)14(21)18-7-6-17/h4-5,10,15H,6-9,17H2,1-3H3,(H,18,21). The number of methoxy groups -OCH3 is 2. The summed E-state index contributed by atoms with van der Waals surface area (Å²) in [5, 5.41) is 2.54. The summed E-state index contributed by atoms with van der Waals surface area (Å²) in [6.07, 6.45) is -0.271. The molecule has 10 nitrogen and oxygen atoms in total. The fourth-order valence-electron chi connectivity index (χ4n) is 2.86. The second-order valence-corrected chi connectivity index (χ2v) is 7.83. The van der Waals surface area contributed by atoms with Crippen molar-refractivity contribution in [3.63, 3.8) is 0 Å². The number of ether oxygens (including phenoxy) is 2. The lowest BCUT2D eigenvalue weighted by molar-refractivity contribution is -0.127. The fraction of sp³-hybridized carbons (Fsp3) is 0.500. The maximum atomic E-state index is 13.0. The summed E-state index contributed by atoms with van der Waals surface area (Å²) in [7, 11) is -0.776. The summed E-state index contributed by atoms with van der Waals surface area (Å²) in [6, 6.07) is 4.58. The van der Waals surface area contributed by atoms with Gasteiger partial charge in [-0.1, -0.05) is 0 Å². The molecule has 150 valence electrons. The van der Waals surface area contributed by atoms with Crippen LogP contribution in [0.5, 0.6) is 11.5 Å². The number of nitrogens with one attached hydrogen (secondary N) is 1. The molecule has 0 aromatic heterocycles. The van der Waals surface area contributed by atoms with E-state index in [1.165, 1.54) is 31.3 Å². The molecule has 0 aliphatic carbocycles. The molecule has 1 fully saturated rings. The summed E-state index contributed by atoms with van der Waals surface area (Å²) in [6.45, 7) is 0.478. The van der Waals surface area contributed by atoms with Crippen LogP contribution in [0, 0.1) is 0 Å². The Kier molecular flexibility index (Phi) is 6.63. The Balaban J connectivity index is 2.36. The van der Waals surface area contributed by atoms with Crippen LogP contribution in [-0.2, 0) is 14.8 Å². The molecule has 2 rings (SSSR count). The van der Waals surface area contributed by atoms with Crippen LogP contribution >= 0.6 is 0 Å². The predicted molar refractivity (Wildman–Crippen MR) is 98.0 cm³/mol. The van der Waals surface area contributed by atoms with Gasteiger partial charge in [0.25, 0.3) is 11.8 Å². The minimum Gasteiger partial charge on any atom is -0.493 e. The van der Waals surface area contributed by atoms with Gasteiger partial charge in [0, 0.05) is 31.7 Å². The maximum Gasteiger partial charge on any atom is 0.259 e. The van der Waals surface area contributed by atoms with Gasteiger partial charge >= 0.3 is 0 Å². The number of rotatable bonds is 7. The second-order valence-electron chi connectivity index (χ2n) is 5.90. The third kappa shape index (κ3) is 4.49. The van der Waals surface area contributed by atoms with Crippen molar-refractivity contribution in [3.05, 3.63) is 23.8 Å². The zero-order chi connectivity index (χ0) is 20.2. The molecular formula is C16H24N4O6S. The molecule has 1 aromatic carbocycles. The van der Waals surface area contributed by atoms with Crippen LogP contribution in [0.3, 0.4) is 0 Å². The Morgan fingerprint density at radius 2 is 1.89 bits per heavy atom. The Morgan fingerprint density at radius 3 is 2.44 bits per heavy atom. The minimum atomic E-state index is -3.69. The molecule has 1 unspecified atom stereocenters. The van der Waals surface area contributed by atoms with Crippen molar-refractivity contribution in [3.8, 4) is 11.5 Å². The van der Waals surface area contributed by atoms with E-state index in [4.69, 9.17) is 15.2 Å². The summed E-state index contributed by atoms with van der Waals surface area (Å²) in [5.74, 6) is -0.288. The van der Waals surface area contributed by atoms with Crippen LogP contribution < -0.4 is 20.5 Å². The van der Waals surface area contributed by atoms with Crippen LogP contribution in [0.1, 0.15) is 10.4 Å². The molecule has 1 heterocycles. The summed E-state index contributed by atoms with van der Waals surface area (Å²) in [4.78, 5) is 26.7. The van der Waals surface area contributed by atoms with Crippen molar-refractivity contribution < 1.29 is 27.5 Å². The molecule has 1 saturated heterocycles. The highest BCUT2D eigenvalue weighted by Crippen LogP contribution is 2.29. The molecule has 1 aromatic rings. The molecule has 0 spiro atoms. The lowest BCUT2D eigenvalue weighted by atomic mass is 10.1. The SMILES string of the molecule is COc1ccc(C(=O)N2CCN(S(C)(=O)=O)C2C(=O)NCCN)cc1OC. The van der Waals surface area contributed by atoms with Crippen LogP contribution in [0.4, 0.5) is 0 Å². The zero-order valence-corrected chi connectivity index (χ0v) is 16.3. The maximum absolute atomic E-state index is 13.0. The molecular weight excluding hydrogens is 376 g/mol. The van der Waals surface area contributed by atoms with Crippen LogP contribution in [0.2, 0.25) is 0 Å². The van der Waals surface area contributed by atoms with E-state index < -0.39 is 28.0 Å². The van der Waals surface area contributed by atoms with Gasteiger partial charge in [0.05, 0.1) is 20.5 Å². The first kappa shape index (κ1) is 20.9. The van der Waals surface area contributed by atoms with E-state index in [0.29, 0.717) is 11.5 Å². The summed E-state index contributed by atoms with van der Waals surface area (Å²) >= 11 is 0. The number of benzene rings is 1. The first-order valence-corrected chi connectivity index (χ1v) is 10.1. The van der Waals surface area contributed by atoms with Gasteiger partial charge in [-0.15, -0.1) is 0 Å². The third-order valence-electron chi connectivity index (χ3n) is 4.12. The molecule has 1 aliphatic heterocycles. The molecule has 2 amide bonds. The van der Waals surface area contributed by atoms with Crippen LogP contribution in [0.25, 0.3) is 0 Å². The molecule has 27 heavy (non-hydrogen) atoms. The number of hydrogen-bond donors (Lipinski definition) is 2. The Morgan fingerprint density at radius 1 is 1.22 bits per heavy atom. The summed E-state index contributed by atoms with van der Waals surface area (Å²) in [5.41, 5.74) is 5.64. The molecule has 1 aliphatic rings. The molecule has 0 radical (unpaired) electrons. The van der Waals surface area contributed by atoms with Gasteiger partial charge in [-0.2, -0.15) is 4.31 Å². The minimum absolute atomic E-state index is 0.0264. The van der Waals surface area contributed by atoms with Gasteiger partial charge in [0.15, 0.2) is 17.7 Å². The third-order valence-corrected chi connectivity index (χ3v) is 5.36. The molecule has 3 N–H and O–H groups in total. The quantitative estimate of drug-likeness (QED) is 0.589. The monoisotopic (exact) mass is 400 g/mol. The van der Waals surface area contributed by atoms with Crippen molar-refractivity contribution >= 4 is 21.8 Å². The van der Waals surface area contributed by atoms with Gasteiger partial charge in [-0.25, -0.2) is 8.42 Å². The lowest BCUT2D eigenvalue weighted by Gasteiger charge is -2.28. The molecule has 0 saturated carbocycles. The van der Waals surface area contributed by atoms with Crippen LogP contribution in [0.15, 0.2) is 18.2 Å². The molecule has 0 bridgehead atoms. The first-order valence-electron chi connectivity index (χ1n) is 8.22. The van der Waals surface area contributed by atoms with E-state index in [-0.39, 0.29) is 31.7 Å². The van der Waals surface area contributed by atoms with Crippen molar-refractivity contribution in [2.24, 2.45) is 5.73 Å². The first-order chi connectivity index (χ1) is 12.7.